The zero-order chi connectivity index (χ0) is 20.2. The fourth-order valence-corrected chi connectivity index (χ4v) is 4.67. The van der Waals surface area contributed by atoms with E-state index in [4.69, 9.17) is 10.1 Å². The van der Waals surface area contributed by atoms with Crippen LogP contribution in [0.1, 0.15) is 37.9 Å². The number of amidine groups is 1. The number of hydrogen-bond acceptors (Lipinski definition) is 6. The van der Waals surface area contributed by atoms with Crippen molar-refractivity contribution in [2.24, 2.45) is 10.1 Å². The van der Waals surface area contributed by atoms with E-state index in [-0.39, 0.29) is 12.1 Å². The van der Waals surface area contributed by atoms with Crippen molar-refractivity contribution in [2.45, 2.75) is 37.2 Å². The van der Waals surface area contributed by atoms with Crippen molar-refractivity contribution < 1.29 is 4.79 Å². The first-order valence-electron chi connectivity index (χ1n) is 9.84. The molecule has 1 amide bonds. The second-order valence-electron chi connectivity index (χ2n) is 6.90. The molecule has 2 aromatic rings. The molecule has 0 aliphatic carbocycles. The maximum atomic E-state index is 13.0. The number of rotatable bonds is 6. The van der Waals surface area contributed by atoms with Crippen molar-refractivity contribution in [3.63, 3.8) is 0 Å². The number of benzene rings is 2. The number of carbonyl (C=O) groups excluding carboxylic acids is 1. The number of para-hydroxylation sites is 1. The van der Waals surface area contributed by atoms with Crippen LogP contribution >= 0.6 is 23.5 Å². The molecule has 150 valence electrons. The van der Waals surface area contributed by atoms with Crippen molar-refractivity contribution in [1.82, 2.24) is 10.3 Å². The van der Waals surface area contributed by atoms with Crippen molar-refractivity contribution in [2.75, 3.05) is 12.0 Å². The van der Waals surface area contributed by atoms with Gasteiger partial charge in [0.25, 0.3) is 5.91 Å². The summed E-state index contributed by atoms with van der Waals surface area (Å²) in [6, 6.07) is 16.1. The monoisotopic (exact) mass is 424 g/mol. The van der Waals surface area contributed by atoms with Gasteiger partial charge in [-0.2, -0.15) is 0 Å². The van der Waals surface area contributed by atoms with Gasteiger partial charge in [0.2, 0.25) is 0 Å². The molecule has 1 atom stereocenters. The molecule has 2 aliphatic heterocycles. The first kappa shape index (κ1) is 20.0. The van der Waals surface area contributed by atoms with Gasteiger partial charge in [0.1, 0.15) is 5.70 Å². The van der Waals surface area contributed by atoms with E-state index in [0.717, 1.165) is 28.3 Å². The molecule has 0 spiro atoms. The largest absolute Gasteiger partial charge is 0.298 e. The summed E-state index contributed by atoms with van der Waals surface area (Å²) < 4.78 is 0. The van der Waals surface area contributed by atoms with E-state index in [1.54, 1.807) is 28.5 Å². The average Bonchev–Trinajstić information content (AvgIpc) is 2.76. The quantitative estimate of drug-likeness (QED) is 0.570. The first-order valence-corrected chi connectivity index (χ1v) is 12.1. The standard InChI is InChI=1S/C22H24N4OS2/c1-3-4-7-14-29-22-24-21(27)19-17-8-5-6-9-18(17)23-20(26(19)25-22)15-10-12-16(28-2)13-11-15/h5-6,8-13,20H,3-4,7,14H2,1-2H3,(H,24,25,27). The SMILES string of the molecule is CCCCCSC1=NN2C(=c3ccccc3=NC2c2ccc(SC)cc2)C(=O)N1. The minimum atomic E-state index is -0.354. The molecule has 0 fully saturated rings. The van der Waals surface area contributed by atoms with E-state index in [0.29, 0.717) is 10.9 Å². The summed E-state index contributed by atoms with van der Waals surface area (Å²) in [6.45, 7) is 2.19. The van der Waals surface area contributed by atoms with E-state index in [9.17, 15) is 4.79 Å². The molecule has 0 aromatic heterocycles. The lowest BCUT2D eigenvalue weighted by Crippen LogP contribution is -2.50. The van der Waals surface area contributed by atoms with Crippen molar-refractivity contribution in [3.8, 4) is 0 Å². The van der Waals surface area contributed by atoms with Gasteiger partial charge >= 0.3 is 0 Å². The Labute approximate surface area is 179 Å². The molecule has 4 rings (SSSR count). The first-order chi connectivity index (χ1) is 14.2. The molecule has 2 aliphatic rings. The molecule has 0 bridgehead atoms. The maximum Gasteiger partial charge on any atom is 0.276 e. The third-order valence-electron chi connectivity index (χ3n) is 4.92. The summed E-state index contributed by atoms with van der Waals surface area (Å²) in [5.74, 6) is 0.822. The average molecular weight is 425 g/mol. The third-order valence-corrected chi connectivity index (χ3v) is 6.61. The van der Waals surface area contributed by atoms with E-state index in [1.165, 1.54) is 17.7 Å². The van der Waals surface area contributed by atoms with E-state index in [1.807, 2.05) is 24.3 Å². The molecular weight excluding hydrogens is 400 g/mol. The molecule has 5 nitrogen and oxygen atoms in total. The Balaban J connectivity index is 1.75. The highest BCUT2D eigenvalue weighted by Gasteiger charge is 2.34. The van der Waals surface area contributed by atoms with Gasteiger partial charge in [-0.25, -0.2) is 5.01 Å². The summed E-state index contributed by atoms with van der Waals surface area (Å²) in [5.41, 5.74) is 1.58. The highest BCUT2D eigenvalue weighted by Crippen LogP contribution is 2.31. The van der Waals surface area contributed by atoms with Gasteiger partial charge in [0.05, 0.1) is 5.36 Å². The molecule has 1 N–H and O–H groups in total. The number of fused-ring (bicyclic) bond motifs is 2. The number of hydrazone groups is 1. The van der Waals surface area contributed by atoms with Crippen LogP contribution in [-0.2, 0) is 4.79 Å². The Morgan fingerprint density at radius 3 is 2.66 bits per heavy atom. The third kappa shape index (κ3) is 4.21. The van der Waals surface area contributed by atoms with E-state index in [2.05, 4.69) is 42.8 Å². The number of carbonyl (C=O) groups is 1. The van der Waals surface area contributed by atoms with Crippen LogP contribution in [0.5, 0.6) is 0 Å². The lowest BCUT2D eigenvalue weighted by Gasteiger charge is -2.34. The Hall–Kier alpha value is -2.25. The van der Waals surface area contributed by atoms with Crippen molar-refractivity contribution >= 4 is 40.3 Å². The van der Waals surface area contributed by atoms with E-state index >= 15 is 0 Å². The normalized spacial score (nSPS) is 17.8. The number of nitrogens with zero attached hydrogens (tertiary/aromatic N) is 3. The minimum Gasteiger partial charge on any atom is -0.298 e. The number of thioether (sulfide) groups is 2. The second kappa shape index (κ2) is 9.05. The van der Waals surface area contributed by atoms with Crippen LogP contribution in [0.4, 0.5) is 0 Å². The Morgan fingerprint density at radius 2 is 1.90 bits per heavy atom. The van der Waals surface area contributed by atoms with Gasteiger partial charge in [-0.1, -0.05) is 61.9 Å². The predicted octanol–water partition coefficient (Wildman–Crippen LogP) is 3.47. The molecule has 7 heteroatoms. The summed E-state index contributed by atoms with van der Waals surface area (Å²) in [6.07, 6.45) is 5.17. The molecule has 1 unspecified atom stereocenters. The minimum absolute atomic E-state index is 0.119. The summed E-state index contributed by atoms with van der Waals surface area (Å²) in [4.78, 5) is 19.2. The van der Waals surface area contributed by atoms with Crippen LogP contribution in [0, 0.1) is 0 Å². The molecule has 29 heavy (non-hydrogen) atoms. The predicted molar refractivity (Wildman–Crippen MR) is 121 cm³/mol. The van der Waals surface area contributed by atoms with Crippen molar-refractivity contribution in [3.05, 3.63) is 64.7 Å². The molecule has 0 saturated heterocycles. The van der Waals surface area contributed by atoms with Gasteiger partial charge in [0, 0.05) is 15.9 Å². The van der Waals surface area contributed by atoms with Crippen LogP contribution in [-0.4, -0.2) is 28.1 Å². The molecule has 0 saturated carbocycles. The zero-order valence-corrected chi connectivity index (χ0v) is 18.2. The van der Waals surface area contributed by atoms with Crippen LogP contribution in [0.2, 0.25) is 0 Å². The fourth-order valence-electron chi connectivity index (χ4n) is 3.41. The summed E-state index contributed by atoms with van der Waals surface area (Å²) in [5, 5.41) is 11.8. The van der Waals surface area contributed by atoms with E-state index < -0.39 is 0 Å². The fraction of sp³-hybridized carbons (Fsp3) is 0.318. The van der Waals surface area contributed by atoms with Gasteiger partial charge in [-0.15, -0.1) is 16.9 Å². The lowest BCUT2D eigenvalue weighted by atomic mass is 10.1. The number of amides is 1. The molecule has 0 radical (unpaired) electrons. The Morgan fingerprint density at radius 1 is 1.10 bits per heavy atom. The lowest BCUT2D eigenvalue weighted by molar-refractivity contribution is -0.116. The van der Waals surface area contributed by atoms with Gasteiger partial charge in [-0.05, 0) is 36.4 Å². The number of unbranched alkanes of at least 4 members (excludes halogenated alkanes) is 2. The smallest absolute Gasteiger partial charge is 0.276 e. The number of nitrogens with one attached hydrogen (secondary N) is 1. The zero-order valence-electron chi connectivity index (χ0n) is 16.6. The van der Waals surface area contributed by atoms with Crippen LogP contribution in [0.3, 0.4) is 0 Å². The van der Waals surface area contributed by atoms with Crippen LogP contribution in [0.15, 0.2) is 63.5 Å². The molecule has 2 aromatic carbocycles. The maximum absolute atomic E-state index is 13.0. The summed E-state index contributed by atoms with van der Waals surface area (Å²) >= 11 is 3.30. The number of hydrogen-bond donors (Lipinski definition) is 1. The van der Waals surface area contributed by atoms with Crippen LogP contribution in [0.25, 0.3) is 5.70 Å². The second-order valence-corrected chi connectivity index (χ2v) is 8.86. The van der Waals surface area contributed by atoms with Gasteiger partial charge in [-0.3, -0.25) is 15.1 Å². The molecule has 2 heterocycles. The van der Waals surface area contributed by atoms with Crippen molar-refractivity contribution in [1.29, 1.82) is 0 Å². The highest BCUT2D eigenvalue weighted by molar-refractivity contribution is 8.13. The van der Waals surface area contributed by atoms with Gasteiger partial charge < -0.3 is 0 Å². The Bertz CT molecular complexity index is 1050. The summed E-state index contributed by atoms with van der Waals surface area (Å²) in [7, 11) is 0. The molecular formula is C22H24N4OS2. The Kier molecular flexibility index (Phi) is 6.25. The highest BCUT2D eigenvalue weighted by atomic mass is 32.2. The van der Waals surface area contributed by atoms with Crippen LogP contribution < -0.4 is 15.9 Å². The van der Waals surface area contributed by atoms with Gasteiger partial charge in [0.15, 0.2) is 11.3 Å². The topological polar surface area (TPSA) is 57.1 Å².